The molecule has 0 saturated carbocycles. The molecule has 2 aromatic heterocycles. The molecule has 3 N–H and O–H groups in total. The molecule has 1 aromatic carbocycles. The highest BCUT2D eigenvalue weighted by molar-refractivity contribution is 7.17. The summed E-state index contributed by atoms with van der Waals surface area (Å²) in [6.07, 6.45) is 2.63. The van der Waals surface area contributed by atoms with Crippen LogP contribution in [-0.2, 0) is 22.4 Å². The van der Waals surface area contributed by atoms with E-state index in [1.165, 1.54) is 11.3 Å². The van der Waals surface area contributed by atoms with Crippen molar-refractivity contribution in [1.29, 1.82) is 0 Å². The van der Waals surface area contributed by atoms with Gasteiger partial charge in [-0.05, 0) is 37.0 Å². The van der Waals surface area contributed by atoms with E-state index in [2.05, 4.69) is 10.3 Å². The minimum Gasteiger partial charge on any atom is -0.451 e. The summed E-state index contributed by atoms with van der Waals surface area (Å²) >= 11 is 1.35. The Morgan fingerprint density at radius 1 is 1.14 bits per heavy atom. The molecule has 142 valence electrons. The number of primary amides is 1. The molecule has 0 fully saturated rings. The van der Waals surface area contributed by atoms with Crippen LogP contribution in [0.25, 0.3) is 10.9 Å². The molecule has 7 nitrogen and oxygen atoms in total. The van der Waals surface area contributed by atoms with E-state index in [0.717, 1.165) is 35.1 Å². The number of aromatic nitrogens is 1. The van der Waals surface area contributed by atoms with Crippen molar-refractivity contribution >= 4 is 45.0 Å². The van der Waals surface area contributed by atoms with Gasteiger partial charge in [-0.25, -0.2) is 9.78 Å². The van der Waals surface area contributed by atoms with Gasteiger partial charge in [-0.1, -0.05) is 24.3 Å². The van der Waals surface area contributed by atoms with Crippen molar-refractivity contribution < 1.29 is 19.1 Å². The lowest BCUT2D eigenvalue weighted by atomic mass is 10.1. The van der Waals surface area contributed by atoms with E-state index in [9.17, 15) is 14.4 Å². The number of rotatable bonds is 5. The number of esters is 1. The van der Waals surface area contributed by atoms with Gasteiger partial charge in [0.05, 0.1) is 11.1 Å². The number of ether oxygens (including phenoxy) is 1. The summed E-state index contributed by atoms with van der Waals surface area (Å²) in [5, 5.41) is 3.96. The van der Waals surface area contributed by atoms with Gasteiger partial charge in [-0.2, -0.15) is 0 Å². The van der Waals surface area contributed by atoms with Crippen LogP contribution >= 0.6 is 11.3 Å². The standard InChI is InChI=1S/C20H17N3O4S/c21-18(25)17-12-5-3-7-15(12)28-19(17)23-16(24)10-27-20(26)14-9-8-11-4-1-2-6-13(11)22-14/h1-2,4,6,8-9H,3,5,7,10H2,(H2,21,25)(H,23,24). The smallest absolute Gasteiger partial charge is 0.357 e. The van der Waals surface area contributed by atoms with E-state index in [4.69, 9.17) is 10.5 Å². The topological polar surface area (TPSA) is 111 Å². The number of carbonyl (C=O) groups is 3. The third kappa shape index (κ3) is 3.46. The van der Waals surface area contributed by atoms with Crippen molar-refractivity contribution in [2.24, 2.45) is 5.73 Å². The lowest BCUT2D eigenvalue weighted by Crippen LogP contribution is -2.23. The van der Waals surface area contributed by atoms with Crippen molar-refractivity contribution in [2.75, 3.05) is 11.9 Å². The first-order chi connectivity index (χ1) is 13.5. The third-order valence-electron chi connectivity index (χ3n) is 4.56. The van der Waals surface area contributed by atoms with Crippen molar-refractivity contribution in [3.63, 3.8) is 0 Å². The Kier molecular flexibility index (Phi) is 4.79. The number of nitrogens with two attached hydrogens (primary N) is 1. The number of nitrogens with one attached hydrogen (secondary N) is 1. The number of hydrogen-bond acceptors (Lipinski definition) is 6. The second-order valence-electron chi connectivity index (χ2n) is 6.44. The molecule has 0 unspecified atom stereocenters. The summed E-state index contributed by atoms with van der Waals surface area (Å²) < 4.78 is 5.06. The van der Waals surface area contributed by atoms with Gasteiger partial charge in [0.25, 0.3) is 11.8 Å². The molecule has 0 aliphatic heterocycles. The predicted molar refractivity (Wildman–Crippen MR) is 106 cm³/mol. The molecule has 0 atom stereocenters. The zero-order valence-electron chi connectivity index (χ0n) is 14.9. The summed E-state index contributed by atoms with van der Waals surface area (Å²) in [6, 6.07) is 10.7. The van der Waals surface area contributed by atoms with Gasteiger partial charge in [0.2, 0.25) is 0 Å². The molecule has 2 amide bonds. The highest BCUT2D eigenvalue weighted by atomic mass is 32.1. The van der Waals surface area contributed by atoms with E-state index in [1.54, 1.807) is 18.2 Å². The number of aryl methyl sites for hydroxylation is 1. The molecule has 3 aromatic rings. The summed E-state index contributed by atoms with van der Waals surface area (Å²) in [6.45, 7) is -0.478. The lowest BCUT2D eigenvalue weighted by molar-refractivity contribution is -0.119. The fourth-order valence-corrected chi connectivity index (χ4v) is 4.61. The van der Waals surface area contributed by atoms with Crippen LogP contribution in [0.5, 0.6) is 0 Å². The van der Waals surface area contributed by atoms with Gasteiger partial charge in [-0.15, -0.1) is 11.3 Å². The van der Waals surface area contributed by atoms with Crippen LogP contribution < -0.4 is 11.1 Å². The molecule has 1 aliphatic rings. The minimum absolute atomic E-state index is 0.124. The Labute approximate surface area is 164 Å². The normalized spacial score (nSPS) is 12.6. The van der Waals surface area contributed by atoms with Crippen LogP contribution in [0.4, 0.5) is 5.00 Å². The number of anilines is 1. The Morgan fingerprint density at radius 2 is 1.96 bits per heavy atom. The fraction of sp³-hybridized carbons (Fsp3) is 0.200. The van der Waals surface area contributed by atoms with E-state index in [-0.39, 0.29) is 5.69 Å². The number of benzene rings is 1. The largest absolute Gasteiger partial charge is 0.451 e. The van der Waals surface area contributed by atoms with Gasteiger partial charge >= 0.3 is 5.97 Å². The van der Waals surface area contributed by atoms with Gasteiger partial charge in [0.15, 0.2) is 6.61 Å². The summed E-state index contributed by atoms with van der Waals surface area (Å²) in [5.41, 5.74) is 7.56. The average Bonchev–Trinajstić information content (AvgIpc) is 3.26. The maximum Gasteiger partial charge on any atom is 0.357 e. The quantitative estimate of drug-likeness (QED) is 0.645. The van der Waals surface area contributed by atoms with Crippen LogP contribution in [0.1, 0.15) is 37.7 Å². The zero-order valence-corrected chi connectivity index (χ0v) is 15.7. The number of fused-ring (bicyclic) bond motifs is 2. The predicted octanol–water partition coefficient (Wildman–Crippen LogP) is 2.68. The highest BCUT2D eigenvalue weighted by Crippen LogP contribution is 2.38. The van der Waals surface area contributed by atoms with Crippen LogP contribution in [0, 0.1) is 0 Å². The molecule has 1 aliphatic carbocycles. The summed E-state index contributed by atoms with van der Waals surface area (Å²) in [5.74, 6) is -1.78. The third-order valence-corrected chi connectivity index (χ3v) is 5.77. The van der Waals surface area contributed by atoms with E-state index in [0.29, 0.717) is 16.1 Å². The van der Waals surface area contributed by atoms with E-state index < -0.39 is 24.4 Å². The van der Waals surface area contributed by atoms with Crippen LogP contribution in [0.2, 0.25) is 0 Å². The van der Waals surface area contributed by atoms with Crippen LogP contribution in [0.15, 0.2) is 36.4 Å². The minimum atomic E-state index is -0.690. The maximum absolute atomic E-state index is 12.2. The zero-order chi connectivity index (χ0) is 19.7. The average molecular weight is 395 g/mol. The Morgan fingerprint density at radius 3 is 2.79 bits per heavy atom. The monoisotopic (exact) mass is 395 g/mol. The Balaban J connectivity index is 1.42. The number of hydrogen-bond donors (Lipinski definition) is 2. The molecule has 0 spiro atoms. The molecular weight excluding hydrogens is 378 g/mol. The number of pyridine rings is 1. The molecule has 0 radical (unpaired) electrons. The molecule has 0 bridgehead atoms. The van der Waals surface area contributed by atoms with Crippen molar-refractivity contribution in [3.8, 4) is 0 Å². The number of amides is 2. The van der Waals surface area contributed by atoms with Gasteiger partial charge < -0.3 is 15.8 Å². The van der Waals surface area contributed by atoms with Gasteiger partial charge in [0, 0.05) is 10.3 Å². The second kappa shape index (κ2) is 7.40. The lowest BCUT2D eigenvalue weighted by Gasteiger charge is -2.07. The van der Waals surface area contributed by atoms with E-state index in [1.807, 2.05) is 18.2 Å². The number of para-hydroxylation sites is 1. The molecule has 0 saturated heterocycles. The van der Waals surface area contributed by atoms with Gasteiger partial charge in [-0.3, -0.25) is 9.59 Å². The first-order valence-electron chi connectivity index (χ1n) is 8.80. The SMILES string of the molecule is NC(=O)c1c(NC(=O)COC(=O)c2ccc3ccccc3n2)sc2c1CCC2. The summed E-state index contributed by atoms with van der Waals surface area (Å²) in [7, 11) is 0. The Bertz CT molecular complexity index is 1110. The first-order valence-corrected chi connectivity index (χ1v) is 9.61. The van der Waals surface area contributed by atoms with Crippen LogP contribution in [-0.4, -0.2) is 29.4 Å². The summed E-state index contributed by atoms with van der Waals surface area (Å²) in [4.78, 5) is 41.5. The van der Waals surface area contributed by atoms with Crippen LogP contribution in [0.3, 0.4) is 0 Å². The highest BCUT2D eigenvalue weighted by Gasteiger charge is 2.26. The van der Waals surface area contributed by atoms with E-state index >= 15 is 0 Å². The molecular formula is C20H17N3O4S. The Hall–Kier alpha value is -3.26. The second-order valence-corrected chi connectivity index (χ2v) is 7.54. The van der Waals surface area contributed by atoms with Crippen molar-refractivity contribution in [3.05, 3.63) is 58.1 Å². The molecule has 28 heavy (non-hydrogen) atoms. The number of thiophene rings is 1. The number of nitrogens with zero attached hydrogens (tertiary/aromatic N) is 1. The molecule has 4 rings (SSSR count). The first kappa shape index (κ1) is 18.1. The van der Waals surface area contributed by atoms with Crippen molar-refractivity contribution in [2.45, 2.75) is 19.3 Å². The fourth-order valence-electron chi connectivity index (χ4n) is 3.30. The van der Waals surface area contributed by atoms with Crippen molar-refractivity contribution in [1.82, 2.24) is 4.98 Å². The van der Waals surface area contributed by atoms with Gasteiger partial charge in [0.1, 0.15) is 10.7 Å². The molecule has 8 heteroatoms. The number of carbonyl (C=O) groups excluding carboxylic acids is 3. The molecule has 2 heterocycles. The maximum atomic E-state index is 12.2.